The molecular weight excluding hydrogens is 196 g/mol. The second kappa shape index (κ2) is 4.52. The maximum absolute atomic E-state index is 4.43. The van der Waals surface area contributed by atoms with E-state index in [1.165, 1.54) is 16.6 Å². The molecule has 0 aliphatic heterocycles. The first-order chi connectivity index (χ1) is 7.72. The predicted molar refractivity (Wildman–Crippen MR) is 69.9 cm³/mol. The first-order valence-corrected chi connectivity index (χ1v) is 5.83. The van der Waals surface area contributed by atoms with E-state index in [-0.39, 0.29) is 0 Å². The highest BCUT2D eigenvalue weighted by atomic mass is 14.9. The van der Waals surface area contributed by atoms with Crippen LogP contribution in [0.4, 0.5) is 5.69 Å². The molecule has 0 fully saturated rings. The second-order valence-corrected chi connectivity index (χ2v) is 4.28. The summed E-state index contributed by atoms with van der Waals surface area (Å²) < 4.78 is 0. The Labute approximate surface area is 96.7 Å². The zero-order valence-electron chi connectivity index (χ0n) is 10.1. The Balaban J connectivity index is 2.50. The summed E-state index contributed by atoms with van der Waals surface area (Å²) in [5.41, 5.74) is 3.50. The zero-order valence-corrected chi connectivity index (χ0v) is 10.1. The molecule has 0 aliphatic carbocycles. The van der Waals surface area contributed by atoms with Gasteiger partial charge in [0, 0.05) is 23.3 Å². The van der Waals surface area contributed by atoms with Crippen LogP contribution in [-0.4, -0.2) is 11.0 Å². The molecule has 2 aromatic rings. The van der Waals surface area contributed by atoms with Gasteiger partial charge in [-0.1, -0.05) is 13.0 Å². The minimum atomic E-state index is 0.492. The van der Waals surface area contributed by atoms with E-state index in [1.807, 2.05) is 12.3 Å². The Morgan fingerprint density at radius 1 is 1.31 bits per heavy atom. The monoisotopic (exact) mass is 214 g/mol. The van der Waals surface area contributed by atoms with Crippen LogP contribution >= 0.6 is 0 Å². The van der Waals surface area contributed by atoms with Gasteiger partial charge in [0.05, 0.1) is 5.52 Å². The number of nitrogens with zero attached hydrogens (tertiary/aromatic N) is 1. The number of anilines is 1. The topological polar surface area (TPSA) is 24.9 Å². The van der Waals surface area contributed by atoms with Gasteiger partial charge in [-0.15, -0.1) is 0 Å². The van der Waals surface area contributed by atoms with Crippen molar-refractivity contribution >= 4 is 16.6 Å². The number of hydrogen-bond donors (Lipinski definition) is 1. The molecule has 1 aromatic heterocycles. The van der Waals surface area contributed by atoms with E-state index < -0.39 is 0 Å². The molecule has 2 rings (SSSR count). The van der Waals surface area contributed by atoms with Crippen molar-refractivity contribution in [2.24, 2.45) is 0 Å². The highest BCUT2D eigenvalue weighted by molar-refractivity contribution is 5.93. The Morgan fingerprint density at radius 2 is 2.12 bits per heavy atom. The van der Waals surface area contributed by atoms with Crippen molar-refractivity contribution in [3.05, 3.63) is 36.0 Å². The molecule has 0 amide bonds. The fourth-order valence-electron chi connectivity index (χ4n) is 1.81. The van der Waals surface area contributed by atoms with E-state index >= 15 is 0 Å². The smallest absolute Gasteiger partial charge is 0.0751 e. The molecule has 0 saturated heterocycles. The third kappa shape index (κ3) is 2.01. The van der Waals surface area contributed by atoms with E-state index in [1.54, 1.807) is 0 Å². The van der Waals surface area contributed by atoms with Gasteiger partial charge in [0.2, 0.25) is 0 Å². The summed E-state index contributed by atoms with van der Waals surface area (Å²) in [6.45, 7) is 6.48. The molecule has 1 unspecified atom stereocenters. The van der Waals surface area contributed by atoms with Crippen molar-refractivity contribution in [1.29, 1.82) is 0 Å². The fourth-order valence-corrected chi connectivity index (χ4v) is 1.81. The van der Waals surface area contributed by atoms with Crippen LogP contribution in [0.5, 0.6) is 0 Å². The van der Waals surface area contributed by atoms with Crippen molar-refractivity contribution in [2.45, 2.75) is 33.2 Å². The van der Waals surface area contributed by atoms with E-state index in [9.17, 15) is 0 Å². The molecule has 0 saturated carbocycles. The van der Waals surface area contributed by atoms with Gasteiger partial charge in [-0.2, -0.15) is 0 Å². The molecule has 2 nitrogen and oxygen atoms in total. The van der Waals surface area contributed by atoms with E-state index in [0.717, 1.165) is 11.9 Å². The minimum Gasteiger partial charge on any atom is -0.382 e. The summed E-state index contributed by atoms with van der Waals surface area (Å²) >= 11 is 0. The largest absolute Gasteiger partial charge is 0.382 e. The Bertz CT molecular complexity index is 491. The molecular formula is C14H18N2. The summed E-state index contributed by atoms with van der Waals surface area (Å²) in [5.74, 6) is 0. The van der Waals surface area contributed by atoms with Gasteiger partial charge in [0.25, 0.3) is 0 Å². The number of aromatic nitrogens is 1. The number of pyridine rings is 1. The van der Waals surface area contributed by atoms with Crippen LogP contribution in [0.15, 0.2) is 30.5 Å². The minimum absolute atomic E-state index is 0.492. The average molecular weight is 214 g/mol. The highest BCUT2D eigenvalue weighted by Crippen LogP contribution is 2.25. The summed E-state index contributed by atoms with van der Waals surface area (Å²) in [6, 6.07) is 8.88. The maximum atomic E-state index is 4.43. The molecule has 0 bridgehead atoms. The number of aryl methyl sites for hydroxylation is 1. The normalized spacial score (nSPS) is 12.7. The quantitative estimate of drug-likeness (QED) is 0.841. The molecule has 1 atom stereocenters. The number of nitrogens with one attached hydrogen (secondary N) is 1. The molecule has 0 radical (unpaired) electrons. The van der Waals surface area contributed by atoms with E-state index in [2.05, 4.69) is 49.3 Å². The van der Waals surface area contributed by atoms with Crippen molar-refractivity contribution in [1.82, 2.24) is 4.98 Å². The van der Waals surface area contributed by atoms with Crippen LogP contribution in [-0.2, 0) is 0 Å². The fraction of sp³-hybridized carbons (Fsp3) is 0.357. The van der Waals surface area contributed by atoms with Gasteiger partial charge in [-0.25, -0.2) is 0 Å². The number of rotatable bonds is 3. The van der Waals surface area contributed by atoms with Crippen LogP contribution in [0, 0.1) is 6.92 Å². The lowest BCUT2D eigenvalue weighted by molar-refractivity contribution is 0.765. The highest BCUT2D eigenvalue weighted by Gasteiger charge is 2.05. The second-order valence-electron chi connectivity index (χ2n) is 4.28. The molecule has 1 aromatic carbocycles. The van der Waals surface area contributed by atoms with Gasteiger partial charge in [0.1, 0.15) is 0 Å². The van der Waals surface area contributed by atoms with Crippen molar-refractivity contribution in [3.8, 4) is 0 Å². The first-order valence-electron chi connectivity index (χ1n) is 5.83. The SMILES string of the molecule is CCC(C)Nc1ccc(C)c2ncccc12. The molecule has 1 N–H and O–H groups in total. The predicted octanol–water partition coefficient (Wildman–Crippen LogP) is 3.75. The Morgan fingerprint density at radius 3 is 2.88 bits per heavy atom. The van der Waals surface area contributed by atoms with Gasteiger partial charge in [-0.3, -0.25) is 4.98 Å². The third-order valence-corrected chi connectivity index (χ3v) is 2.99. The molecule has 0 aliphatic rings. The lowest BCUT2D eigenvalue weighted by Gasteiger charge is -2.15. The summed E-state index contributed by atoms with van der Waals surface area (Å²) in [5, 5.41) is 4.73. The third-order valence-electron chi connectivity index (χ3n) is 2.99. The summed E-state index contributed by atoms with van der Waals surface area (Å²) in [6.07, 6.45) is 2.97. The van der Waals surface area contributed by atoms with Gasteiger partial charge >= 0.3 is 0 Å². The van der Waals surface area contributed by atoms with Crippen molar-refractivity contribution in [3.63, 3.8) is 0 Å². The van der Waals surface area contributed by atoms with Gasteiger partial charge in [-0.05, 0) is 44.0 Å². The lowest BCUT2D eigenvalue weighted by atomic mass is 10.1. The van der Waals surface area contributed by atoms with E-state index in [0.29, 0.717) is 6.04 Å². The first kappa shape index (κ1) is 10.9. The Hall–Kier alpha value is -1.57. The standard InChI is InChI=1S/C14H18N2/c1-4-11(3)16-13-8-7-10(2)14-12(13)6-5-9-15-14/h5-9,11,16H,4H2,1-3H3. The average Bonchev–Trinajstić information content (AvgIpc) is 2.33. The lowest BCUT2D eigenvalue weighted by Crippen LogP contribution is -2.13. The molecule has 16 heavy (non-hydrogen) atoms. The maximum Gasteiger partial charge on any atom is 0.0751 e. The van der Waals surface area contributed by atoms with Gasteiger partial charge in [0.15, 0.2) is 0 Å². The molecule has 0 spiro atoms. The van der Waals surface area contributed by atoms with Crippen LogP contribution < -0.4 is 5.32 Å². The number of hydrogen-bond acceptors (Lipinski definition) is 2. The summed E-state index contributed by atoms with van der Waals surface area (Å²) in [7, 11) is 0. The van der Waals surface area contributed by atoms with E-state index in [4.69, 9.17) is 0 Å². The van der Waals surface area contributed by atoms with Crippen molar-refractivity contribution in [2.75, 3.05) is 5.32 Å². The van der Waals surface area contributed by atoms with Crippen LogP contribution in [0.1, 0.15) is 25.8 Å². The van der Waals surface area contributed by atoms with Crippen LogP contribution in [0.3, 0.4) is 0 Å². The number of benzene rings is 1. The molecule has 84 valence electrons. The van der Waals surface area contributed by atoms with Gasteiger partial charge < -0.3 is 5.32 Å². The number of fused-ring (bicyclic) bond motifs is 1. The molecule has 1 heterocycles. The van der Waals surface area contributed by atoms with Crippen LogP contribution in [0.2, 0.25) is 0 Å². The van der Waals surface area contributed by atoms with Crippen LogP contribution in [0.25, 0.3) is 10.9 Å². The zero-order chi connectivity index (χ0) is 11.5. The Kier molecular flexibility index (Phi) is 3.09. The van der Waals surface area contributed by atoms with Crippen molar-refractivity contribution < 1.29 is 0 Å². The molecule has 2 heteroatoms. The summed E-state index contributed by atoms with van der Waals surface area (Å²) in [4.78, 5) is 4.43.